The molecule has 102 valence electrons. The highest BCUT2D eigenvalue weighted by Crippen LogP contribution is 2.30. The molecule has 0 aliphatic heterocycles. The van der Waals surface area contributed by atoms with Gasteiger partial charge in [-0.2, -0.15) is 10.4 Å². The van der Waals surface area contributed by atoms with E-state index in [1.54, 1.807) is 38.2 Å². The van der Waals surface area contributed by atoms with Crippen LogP contribution in [-0.2, 0) is 11.8 Å². The Bertz CT molecular complexity index is 684. The van der Waals surface area contributed by atoms with Crippen LogP contribution in [0.5, 0.6) is 0 Å². The number of ether oxygens (including phenoxy) is 1. The fourth-order valence-corrected chi connectivity index (χ4v) is 2.15. The van der Waals surface area contributed by atoms with Crippen molar-refractivity contribution in [1.29, 1.82) is 5.26 Å². The number of carbonyl (C=O) groups excluding carboxylic acids is 1. The highest BCUT2D eigenvalue weighted by molar-refractivity contribution is 6.35. The summed E-state index contributed by atoms with van der Waals surface area (Å²) in [5.74, 6) is -0.507. The maximum atomic E-state index is 11.8. The molecule has 2 rings (SSSR count). The summed E-state index contributed by atoms with van der Waals surface area (Å²) in [5.41, 5.74) is 1.99. The summed E-state index contributed by atoms with van der Waals surface area (Å²) in [6.07, 6.45) is 0. The average Bonchev–Trinajstić information content (AvgIpc) is 2.74. The molecule has 0 spiro atoms. The highest BCUT2D eigenvalue weighted by atomic mass is 35.5. The van der Waals surface area contributed by atoms with Crippen molar-refractivity contribution in [2.24, 2.45) is 7.05 Å². The molecule has 0 radical (unpaired) electrons. The zero-order valence-corrected chi connectivity index (χ0v) is 11.8. The van der Waals surface area contributed by atoms with Crippen molar-refractivity contribution in [3.05, 3.63) is 40.5 Å². The van der Waals surface area contributed by atoms with Crippen LogP contribution in [-0.4, -0.2) is 22.4 Å². The first-order valence-corrected chi connectivity index (χ1v) is 6.36. The molecule has 1 aromatic carbocycles. The van der Waals surface area contributed by atoms with Gasteiger partial charge < -0.3 is 4.74 Å². The third kappa shape index (κ3) is 2.51. The largest absolute Gasteiger partial charge is 0.461 e. The number of aryl methyl sites for hydroxylation is 1. The zero-order valence-electron chi connectivity index (χ0n) is 11.1. The van der Waals surface area contributed by atoms with Crippen LogP contribution in [0.4, 0.5) is 0 Å². The molecule has 1 heterocycles. The summed E-state index contributed by atoms with van der Waals surface area (Å²) >= 11 is 6.22. The number of hydrogen-bond acceptors (Lipinski definition) is 4. The fourth-order valence-electron chi connectivity index (χ4n) is 1.81. The van der Waals surface area contributed by atoms with Crippen LogP contribution in [0.2, 0.25) is 5.02 Å². The van der Waals surface area contributed by atoms with Crippen LogP contribution >= 0.6 is 11.6 Å². The van der Waals surface area contributed by atoms with Crippen LogP contribution in [0, 0.1) is 11.3 Å². The molecule has 0 amide bonds. The minimum Gasteiger partial charge on any atom is -0.461 e. The average molecular weight is 290 g/mol. The van der Waals surface area contributed by atoms with E-state index in [9.17, 15) is 4.79 Å². The molecule has 0 atom stereocenters. The van der Waals surface area contributed by atoms with Gasteiger partial charge in [0.2, 0.25) is 0 Å². The van der Waals surface area contributed by atoms with Crippen LogP contribution < -0.4 is 0 Å². The molecule has 6 heteroatoms. The van der Waals surface area contributed by atoms with Crippen molar-refractivity contribution in [2.45, 2.75) is 6.92 Å². The fraction of sp³-hybridized carbons (Fsp3) is 0.214. The van der Waals surface area contributed by atoms with Crippen molar-refractivity contribution < 1.29 is 9.53 Å². The first kappa shape index (κ1) is 14.1. The van der Waals surface area contributed by atoms with E-state index in [-0.39, 0.29) is 17.3 Å². The first-order chi connectivity index (χ1) is 9.58. The quantitative estimate of drug-likeness (QED) is 0.815. The van der Waals surface area contributed by atoms with Gasteiger partial charge in [0.1, 0.15) is 10.7 Å². The lowest BCUT2D eigenvalue weighted by atomic mass is 10.1. The smallest absolute Gasteiger partial charge is 0.358 e. The second kappa shape index (κ2) is 5.76. The summed E-state index contributed by atoms with van der Waals surface area (Å²) in [5, 5.41) is 13.3. The van der Waals surface area contributed by atoms with E-state index in [4.69, 9.17) is 21.6 Å². The molecule has 20 heavy (non-hydrogen) atoms. The molecule has 0 bridgehead atoms. The number of aromatic nitrogens is 2. The van der Waals surface area contributed by atoms with E-state index < -0.39 is 5.97 Å². The first-order valence-electron chi connectivity index (χ1n) is 5.98. The number of nitrogens with zero attached hydrogens (tertiary/aromatic N) is 3. The second-order valence-electron chi connectivity index (χ2n) is 4.04. The molecule has 0 fully saturated rings. The molecule has 2 aromatic rings. The Balaban J connectivity index is 2.46. The van der Waals surface area contributed by atoms with E-state index >= 15 is 0 Å². The molecule has 5 nitrogen and oxygen atoms in total. The molecule has 0 N–H and O–H groups in total. The standard InChI is InChI=1S/C14H12ClN3O2/c1-3-20-14(19)13-11(15)12(17-18(13)2)10-6-4-9(8-16)5-7-10/h4-7H,3H2,1-2H3. The normalized spacial score (nSPS) is 10.1. The number of nitriles is 1. The van der Waals surface area contributed by atoms with Gasteiger partial charge >= 0.3 is 5.97 Å². The van der Waals surface area contributed by atoms with Crippen molar-refractivity contribution in [3.63, 3.8) is 0 Å². The minimum atomic E-state index is -0.507. The van der Waals surface area contributed by atoms with Crippen molar-refractivity contribution in [3.8, 4) is 17.3 Å². The maximum Gasteiger partial charge on any atom is 0.358 e. The Hall–Kier alpha value is -2.32. The lowest BCUT2D eigenvalue weighted by Gasteiger charge is -2.01. The zero-order chi connectivity index (χ0) is 14.7. The Morgan fingerprint density at radius 3 is 2.65 bits per heavy atom. The third-order valence-corrected chi connectivity index (χ3v) is 3.10. The van der Waals surface area contributed by atoms with E-state index in [0.29, 0.717) is 11.3 Å². The van der Waals surface area contributed by atoms with Crippen molar-refractivity contribution in [2.75, 3.05) is 6.61 Å². The van der Waals surface area contributed by atoms with Crippen LogP contribution in [0.1, 0.15) is 23.0 Å². The third-order valence-electron chi connectivity index (χ3n) is 2.75. The molecule has 0 aliphatic carbocycles. The second-order valence-corrected chi connectivity index (χ2v) is 4.42. The molecule has 0 unspecified atom stereocenters. The Morgan fingerprint density at radius 1 is 1.45 bits per heavy atom. The monoisotopic (exact) mass is 289 g/mol. The predicted molar refractivity (Wildman–Crippen MR) is 74.3 cm³/mol. The Labute approximate surface area is 121 Å². The number of esters is 1. The lowest BCUT2D eigenvalue weighted by Crippen LogP contribution is -2.10. The number of hydrogen-bond donors (Lipinski definition) is 0. The predicted octanol–water partition coefficient (Wildman–Crippen LogP) is 2.79. The highest BCUT2D eigenvalue weighted by Gasteiger charge is 2.22. The minimum absolute atomic E-state index is 0.216. The number of carbonyl (C=O) groups is 1. The SMILES string of the molecule is CCOC(=O)c1c(Cl)c(-c2ccc(C#N)cc2)nn1C. The van der Waals surface area contributed by atoms with Gasteiger partial charge in [-0.05, 0) is 19.1 Å². The van der Waals surface area contributed by atoms with Gasteiger partial charge in [0, 0.05) is 12.6 Å². The van der Waals surface area contributed by atoms with Gasteiger partial charge in [0.25, 0.3) is 0 Å². The summed E-state index contributed by atoms with van der Waals surface area (Å²) < 4.78 is 6.34. The summed E-state index contributed by atoms with van der Waals surface area (Å²) in [4.78, 5) is 11.8. The van der Waals surface area contributed by atoms with Crippen molar-refractivity contribution >= 4 is 17.6 Å². The number of halogens is 1. The van der Waals surface area contributed by atoms with Gasteiger partial charge in [0.05, 0.1) is 18.2 Å². The maximum absolute atomic E-state index is 11.8. The van der Waals surface area contributed by atoms with Gasteiger partial charge in [0.15, 0.2) is 5.69 Å². The Morgan fingerprint density at radius 2 is 2.10 bits per heavy atom. The van der Waals surface area contributed by atoms with E-state index in [0.717, 1.165) is 5.56 Å². The summed E-state index contributed by atoms with van der Waals surface area (Å²) in [6.45, 7) is 2.00. The van der Waals surface area contributed by atoms with Crippen LogP contribution in [0.15, 0.2) is 24.3 Å². The van der Waals surface area contributed by atoms with Gasteiger partial charge in [-0.25, -0.2) is 4.79 Å². The van der Waals surface area contributed by atoms with E-state index in [1.807, 2.05) is 6.07 Å². The molecule has 0 saturated carbocycles. The topological polar surface area (TPSA) is 67.9 Å². The van der Waals surface area contributed by atoms with Gasteiger partial charge in [-0.15, -0.1) is 0 Å². The number of benzene rings is 1. The van der Waals surface area contributed by atoms with Crippen LogP contribution in [0.25, 0.3) is 11.3 Å². The lowest BCUT2D eigenvalue weighted by molar-refractivity contribution is 0.0514. The molecule has 1 aromatic heterocycles. The Kier molecular flexibility index (Phi) is 4.06. The van der Waals surface area contributed by atoms with Crippen molar-refractivity contribution in [1.82, 2.24) is 9.78 Å². The molecular formula is C14H12ClN3O2. The van der Waals surface area contributed by atoms with Gasteiger partial charge in [-0.1, -0.05) is 23.7 Å². The van der Waals surface area contributed by atoms with Gasteiger partial charge in [-0.3, -0.25) is 4.68 Å². The molecule has 0 aliphatic rings. The number of rotatable bonds is 3. The summed E-state index contributed by atoms with van der Waals surface area (Å²) in [6, 6.07) is 8.86. The van der Waals surface area contributed by atoms with Crippen LogP contribution in [0.3, 0.4) is 0 Å². The summed E-state index contributed by atoms with van der Waals surface area (Å²) in [7, 11) is 1.63. The van der Waals surface area contributed by atoms with E-state index in [1.165, 1.54) is 4.68 Å². The van der Waals surface area contributed by atoms with E-state index in [2.05, 4.69) is 5.10 Å². The molecular weight excluding hydrogens is 278 g/mol. The molecule has 0 saturated heterocycles.